The van der Waals surface area contributed by atoms with Crippen LogP contribution in [0, 0.1) is 0 Å². The van der Waals surface area contributed by atoms with E-state index in [0.717, 1.165) is 12.8 Å². The number of carbonyl (C=O) groups excluding carboxylic acids is 1. The highest BCUT2D eigenvalue weighted by atomic mass is 16.5. The van der Waals surface area contributed by atoms with Crippen LogP contribution in [0.1, 0.15) is 19.3 Å². The third kappa shape index (κ3) is 13.4. The molecule has 0 bridgehead atoms. The van der Waals surface area contributed by atoms with Gasteiger partial charge in [-0.1, -0.05) is 0 Å². The molecule has 0 aliphatic carbocycles. The van der Waals surface area contributed by atoms with Crippen LogP contribution in [-0.4, -0.2) is 59.1 Å². The number of nitrogens with two attached hydrogens (primary N) is 1. The first kappa shape index (κ1) is 17.3. The van der Waals surface area contributed by atoms with Crippen molar-refractivity contribution in [1.29, 1.82) is 0 Å². The number of ether oxygens (including phenoxy) is 3. The highest BCUT2D eigenvalue weighted by molar-refractivity contribution is 5.75. The first-order valence-electron chi connectivity index (χ1n) is 6.42. The molecule has 0 atom stereocenters. The fourth-order valence-electron chi connectivity index (χ4n) is 1.24. The van der Waals surface area contributed by atoms with E-state index >= 15 is 0 Å². The summed E-state index contributed by atoms with van der Waals surface area (Å²) in [6.07, 6.45) is 2.25. The maximum atomic E-state index is 11.3. The molecule has 0 fully saturated rings. The fourth-order valence-corrected chi connectivity index (χ4v) is 1.24. The van der Waals surface area contributed by atoms with Crippen LogP contribution >= 0.6 is 0 Å². The van der Waals surface area contributed by atoms with E-state index in [-0.39, 0.29) is 5.91 Å². The minimum absolute atomic E-state index is 0.0207. The van der Waals surface area contributed by atoms with Gasteiger partial charge in [-0.2, -0.15) is 0 Å². The second kappa shape index (κ2) is 14.4. The summed E-state index contributed by atoms with van der Waals surface area (Å²) in [5.74, 6) is 0.0207. The molecule has 0 aromatic heterocycles. The summed E-state index contributed by atoms with van der Waals surface area (Å²) in [5, 5.41) is 2.83. The largest absolute Gasteiger partial charge is 0.382 e. The van der Waals surface area contributed by atoms with Gasteiger partial charge in [0.1, 0.15) is 0 Å². The zero-order valence-electron chi connectivity index (χ0n) is 11.3. The first-order valence-corrected chi connectivity index (χ1v) is 6.42. The van der Waals surface area contributed by atoms with Gasteiger partial charge in [-0.3, -0.25) is 4.79 Å². The summed E-state index contributed by atoms with van der Waals surface area (Å²) in [6, 6.07) is 0. The Kier molecular flexibility index (Phi) is 13.8. The number of hydrogen-bond acceptors (Lipinski definition) is 5. The molecule has 0 aliphatic rings. The van der Waals surface area contributed by atoms with Gasteiger partial charge in [0.05, 0.1) is 26.4 Å². The molecular weight excluding hydrogens is 236 g/mol. The standard InChI is InChI=1S/C12H26N2O4/c1-16-10-11-17-7-3-2-6-14-12(15)4-8-18-9-5-13/h2-11,13H2,1H3,(H,14,15). The topological polar surface area (TPSA) is 82.8 Å². The molecule has 108 valence electrons. The quantitative estimate of drug-likeness (QED) is 0.453. The predicted octanol–water partition coefficient (Wildman–Crippen LogP) is -0.0888. The molecule has 0 spiro atoms. The zero-order chi connectivity index (χ0) is 13.5. The highest BCUT2D eigenvalue weighted by Gasteiger charge is 1.99. The van der Waals surface area contributed by atoms with Gasteiger partial charge < -0.3 is 25.3 Å². The molecule has 0 aliphatic heterocycles. The van der Waals surface area contributed by atoms with Gasteiger partial charge in [-0.15, -0.1) is 0 Å². The predicted molar refractivity (Wildman–Crippen MR) is 69.4 cm³/mol. The SMILES string of the molecule is COCCOCCCCNC(=O)CCOCCN. The van der Waals surface area contributed by atoms with E-state index in [4.69, 9.17) is 19.9 Å². The molecule has 0 unspecified atom stereocenters. The molecule has 18 heavy (non-hydrogen) atoms. The van der Waals surface area contributed by atoms with Crippen LogP contribution < -0.4 is 11.1 Å². The molecule has 0 heterocycles. The molecule has 0 aromatic carbocycles. The van der Waals surface area contributed by atoms with E-state index in [0.29, 0.717) is 52.5 Å². The summed E-state index contributed by atoms with van der Waals surface area (Å²) in [6.45, 7) is 4.07. The van der Waals surface area contributed by atoms with Crippen LogP contribution in [0.2, 0.25) is 0 Å². The lowest BCUT2D eigenvalue weighted by Gasteiger charge is -2.06. The second-order valence-corrected chi connectivity index (χ2v) is 3.81. The minimum Gasteiger partial charge on any atom is -0.382 e. The Morgan fingerprint density at radius 3 is 2.56 bits per heavy atom. The van der Waals surface area contributed by atoms with E-state index in [1.165, 1.54) is 0 Å². The molecular formula is C12H26N2O4. The molecule has 0 radical (unpaired) electrons. The Bertz CT molecular complexity index is 191. The first-order chi connectivity index (χ1) is 8.81. The van der Waals surface area contributed by atoms with Gasteiger partial charge in [0.2, 0.25) is 5.91 Å². The van der Waals surface area contributed by atoms with Crippen LogP contribution in [0.4, 0.5) is 0 Å². The van der Waals surface area contributed by atoms with Crippen molar-refractivity contribution in [3.63, 3.8) is 0 Å². The number of unbranched alkanes of at least 4 members (excludes halogenated alkanes) is 1. The summed E-state index contributed by atoms with van der Waals surface area (Å²) < 4.78 is 15.3. The molecule has 0 saturated carbocycles. The van der Waals surface area contributed by atoms with Gasteiger partial charge >= 0.3 is 0 Å². The maximum Gasteiger partial charge on any atom is 0.222 e. The fraction of sp³-hybridized carbons (Fsp3) is 0.917. The van der Waals surface area contributed by atoms with E-state index in [9.17, 15) is 4.79 Å². The monoisotopic (exact) mass is 262 g/mol. The average Bonchev–Trinajstić information content (AvgIpc) is 2.38. The summed E-state index contributed by atoms with van der Waals surface area (Å²) in [5.41, 5.74) is 5.26. The summed E-state index contributed by atoms with van der Waals surface area (Å²) in [7, 11) is 1.65. The number of methoxy groups -OCH3 is 1. The highest BCUT2D eigenvalue weighted by Crippen LogP contribution is 1.90. The van der Waals surface area contributed by atoms with Crippen molar-refractivity contribution < 1.29 is 19.0 Å². The van der Waals surface area contributed by atoms with Crippen molar-refractivity contribution in [3.8, 4) is 0 Å². The van der Waals surface area contributed by atoms with Gasteiger partial charge in [0, 0.05) is 33.2 Å². The number of amides is 1. The van der Waals surface area contributed by atoms with Gasteiger partial charge in [-0.25, -0.2) is 0 Å². The van der Waals surface area contributed by atoms with E-state index in [1.54, 1.807) is 7.11 Å². The lowest BCUT2D eigenvalue weighted by Crippen LogP contribution is -2.26. The lowest BCUT2D eigenvalue weighted by atomic mass is 10.3. The maximum absolute atomic E-state index is 11.3. The van der Waals surface area contributed by atoms with Gasteiger partial charge in [-0.05, 0) is 12.8 Å². The Balaban J connectivity index is 3.10. The Morgan fingerprint density at radius 1 is 1.06 bits per heavy atom. The molecule has 1 amide bonds. The van der Waals surface area contributed by atoms with Crippen LogP contribution in [0.3, 0.4) is 0 Å². The van der Waals surface area contributed by atoms with Gasteiger partial charge in [0.25, 0.3) is 0 Å². The van der Waals surface area contributed by atoms with Crippen LogP contribution in [0.5, 0.6) is 0 Å². The number of rotatable bonds is 13. The van der Waals surface area contributed by atoms with E-state index in [1.807, 2.05) is 0 Å². The molecule has 0 aromatic rings. The summed E-state index contributed by atoms with van der Waals surface area (Å²) in [4.78, 5) is 11.3. The smallest absolute Gasteiger partial charge is 0.222 e. The van der Waals surface area contributed by atoms with Gasteiger partial charge in [0.15, 0.2) is 0 Å². The van der Waals surface area contributed by atoms with Crippen molar-refractivity contribution >= 4 is 5.91 Å². The average molecular weight is 262 g/mol. The third-order valence-corrected chi connectivity index (χ3v) is 2.21. The minimum atomic E-state index is 0.0207. The molecule has 6 nitrogen and oxygen atoms in total. The molecule has 3 N–H and O–H groups in total. The van der Waals surface area contributed by atoms with Crippen LogP contribution in [0.15, 0.2) is 0 Å². The van der Waals surface area contributed by atoms with Crippen LogP contribution in [-0.2, 0) is 19.0 Å². The Hall–Kier alpha value is -0.690. The van der Waals surface area contributed by atoms with Crippen molar-refractivity contribution in [3.05, 3.63) is 0 Å². The van der Waals surface area contributed by atoms with Crippen LogP contribution in [0.25, 0.3) is 0 Å². The van der Waals surface area contributed by atoms with Crippen molar-refractivity contribution in [2.75, 3.05) is 53.2 Å². The summed E-state index contributed by atoms with van der Waals surface area (Å²) >= 11 is 0. The number of hydrogen-bond donors (Lipinski definition) is 2. The lowest BCUT2D eigenvalue weighted by molar-refractivity contribution is -0.122. The normalized spacial score (nSPS) is 10.6. The third-order valence-electron chi connectivity index (χ3n) is 2.21. The molecule has 0 saturated heterocycles. The van der Waals surface area contributed by atoms with E-state index in [2.05, 4.69) is 5.32 Å². The van der Waals surface area contributed by atoms with Crippen molar-refractivity contribution in [2.45, 2.75) is 19.3 Å². The van der Waals surface area contributed by atoms with E-state index < -0.39 is 0 Å². The Labute approximate surface area is 109 Å². The van der Waals surface area contributed by atoms with Crippen molar-refractivity contribution in [2.24, 2.45) is 5.73 Å². The number of carbonyl (C=O) groups is 1. The number of nitrogens with one attached hydrogen (secondary N) is 1. The zero-order valence-corrected chi connectivity index (χ0v) is 11.3. The molecule has 0 rings (SSSR count). The van der Waals surface area contributed by atoms with Crippen molar-refractivity contribution in [1.82, 2.24) is 5.32 Å². The second-order valence-electron chi connectivity index (χ2n) is 3.81. The Morgan fingerprint density at radius 2 is 1.83 bits per heavy atom. The molecule has 6 heteroatoms.